The SMILES string of the molecule is CCNC(=NCc1ccc(Cn2ccccc2=O)cc1)N1CC(C)CC(C)C1. The van der Waals surface area contributed by atoms with Crippen molar-refractivity contribution >= 4 is 5.96 Å². The monoisotopic (exact) mass is 380 g/mol. The second-order valence-corrected chi connectivity index (χ2v) is 8.00. The molecule has 1 aromatic carbocycles. The highest BCUT2D eigenvalue weighted by Gasteiger charge is 2.23. The Bertz CT molecular complexity index is 830. The smallest absolute Gasteiger partial charge is 0.250 e. The third-order valence-electron chi connectivity index (χ3n) is 5.19. The van der Waals surface area contributed by atoms with Crippen molar-refractivity contribution < 1.29 is 0 Å². The van der Waals surface area contributed by atoms with Crippen LogP contribution in [0.5, 0.6) is 0 Å². The van der Waals surface area contributed by atoms with Crippen LogP contribution in [0.25, 0.3) is 0 Å². The van der Waals surface area contributed by atoms with E-state index in [4.69, 9.17) is 4.99 Å². The maximum atomic E-state index is 11.9. The summed E-state index contributed by atoms with van der Waals surface area (Å²) in [6, 6.07) is 13.6. The molecule has 1 aliphatic heterocycles. The zero-order valence-corrected chi connectivity index (χ0v) is 17.3. The van der Waals surface area contributed by atoms with E-state index in [0.717, 1.165) is 31.2 Å². The molecule has 150 valence electrons. The summed E-state index contributed by atoms with van der Waals surface area (Å²) in [5.41, 5.74) is 2.32. The summed E-state index contributed by atoms with van der Waals surface area (Å²) in [4.78, 5) is 19.1. The van der Waals surface area contributed by atoms with Crippen LogP contribution in [0.15, 0.2) is 58.4 Å². The fourth-order valence-electron chi connectivity index (χ4n) is 3.97. The van der Waals surface area contributed by atoms with Crippen molar-refractivity contribution in [3.05, 3.63) is 70.1 Å². The second kappa shape index (κ2) is 9.58. The van der Waals surface area contributed by atoms with E-state index in [1.807, 2.05) is 12.3 Å². The van der Waals surface area contributed by atoms with Crippen molar-refractivity contribution in [1.82, 2.24) is 14.8 Å². The van der Waals surface area contributed by atoms with E-state index in [1.165, 1.54) is 12.0 Å². The minimum Gasteiger partial charge on any atom is -0.357 e. The molecule has 2 heterocycles. The van der Waals surface area contributed by atoms with Gasteiger partial charge in [-0.15, -0.1) is 0 Å². The topological polar surface area (TPSA) is 49.6 Å². The number of nitrogens with zero attached hydrogens (tertiary/aromatic N) is 3. The van der Waals surface area contributed by atoms with Gasteiger partial charge in [0.1, 0.15) is 0 Å². The third-order valence-corrected chi connectivity index (χ3v) is 5.19. The van der Waals surface area contributed by atoms with Crippen LogP contribution >= 0.6 is 0 Å². The minimum absolute atomic E-state index is 0.0245. The molecule has 0 aliphatic carbocycles. The molecule has 1 aromatic heterocycles. The first-order chi connectivity index (χ1) is 13.5. The lowest BCUT2D eigenvalue weighted by atomic mass is 9.92. The Kier molecular flexibility index (Phi) is 6.90. The zero-order valence-electron chi connectivity index (χ0n) is 17.3. The summed E-state index contributed by atoms with van der Waals surface area (Å²) >= 11 is 0. The van der Waals surface area contributed by atoms with Crippen LogP contribution < -0.4 is 10.9 Å². The molecule has 2 aromatic rings. The van der Waals surface area contributed by atoms with Gasteiger partial charge in [-0.1, -0.05) is 44.2 Å². The van der Waals surface area contributed by atoms with Gasteiger partial charge in [-0.2, -0.15) is 0 Å². The van der Waals surface area contributed by atoms with E-state index in [9.17, 15) is 4.79 Å². The van der Waals surface area contributed by atoms with Crippen LogP contribution in [0.2, 0.25) is 0 Å². The molecule has 3 rings (SSSR count). The fourth-order valence-corrected chi connectivity index (χ4v) is 3.97. The quantitative estimate of drug-likeness (QED) is 0.639. The molecule has 2 atom stereocenters. The van der Waals surface area contributed by atoms with Gasteiger partial charge in [-0.25, -0.2) is 4.99 Å². The summed E-state index contributed by atoms with van der Waals surface area (Å²) in [7, 11) is 0. The van der Waals surface area contributed by atoms with Crippen LogP contribution in [-0.4, -0.2) is 35.1 Å². The number of aromatic nitrogens is 1. The van der Waals surface area contributed by atoms with Gasteiger partial charge in [0.05, 0.1) is 13.1 Å². The van der Waals surface area contributed by atoms with Gasteiger partial charge in [-0.3, -0.25) is 4.79 Å². The van der Waals surface area contributed by atoms with Crippen LogP contribution in [0.4, 0.5) is 0 Å². The van der Waals surface area contributed by atoms with Crippen LogP contribution in [0.1, 0.15) is 38.3 Å². The van der Waals surface area contributed by atoms with Gasteiger partial charge >= 0.3 is 0 Å². The van der Waals surface area contributed by atoms with Gasteiger partial charge in [0.25, 0.3) is 5.56 Å². The minimum atomic E-state index is 0.0245. The number of nitrogens with one attached hydrogen (secondary N) is 1. The highest BCUT2D eigenvalue weighted by atomic mass is 16.1. The normalized spacial score (nSPS) is 20.2. The number of aliphatic imine (C=N–C) groups is 1. The van der Waals surface area contributed by atoms with Crippen molar-refractivity contribution in [2.45, 2.75) is 40.3 Å². The van der Waals surface area contributed by atoms with Crippen molar-refractivity contribution in [1.29, 1.82) is 0 Å². The number of hydrogen-bond acceptors (Lipinski definition) is 2. The van der Waals surface area contributed by atoms with Crippen molar-refractivity contribution in [2.24, 2.45) is 16.8 Å². The Morgan fingerprint density at radius 2 is 1.75 bits per heavy atom. The van der Waals surface area contributed by atoms with Crippen molar-refractivity contribution in [2.75, 3.05) is 19.6 Å². The first-order valence-electron chi connectivity index (χ1n) is 10.3. The third kappa shape index (κ3) is 5.47. The molecular formula is C23H32N4O. The molecule has 5 heteroatoms. The van der Waals surface area contributed by atoms with Crippen molar-refractivity contribution in [3.63, 3.8) is 0 Å². The van der Waals surface area contributed by atoms with Gasteiger partial charge in [0, 0.05) is 31.9 Å². The molecule has 1 saturated heterocycles. The van der Waals surface area contributed by atoms with Crippen LogP contribution in [-0.2, 0) is 13.1 Å². The molecule has 1 N–H and O–H groups in total. The lowest BCUT2D eigenvalue weighted by Gasteiger charge is -2.37. The maximum Gasteiger partial charge on any atom is 0.250 e. The Hall–Kier alpha value is -2.56. The predicted octanol–water partition coefficient (Wildman–Crippen LogP) is 3.34. The molecule has 0 radical (unpaired) electrons. The van der Waals surface area contributed by atoms with Gasteiger partial charge < -0.3 is 14.8 Å². The number of pyridine rings is 1. The zero-order chi connectivity index (χ0) is 19.9. The largest absolute Gasteiger partial charge is 0.357 e. The fraction of sp³-hybridized carbons (Fsp3) is 0.478. The molecule has 1 fully saturated rings. The maximum absolute atomic E-state index is 11.9. The molecule has 28 heavy (non-hydrogen) atoms. The van der Waals surface area contributed by atoms with E-state index in [1.54, 1.807) is 16.7 Å². The van der Waals surface area contributed by atoms with E-state index >= 15 is 0 Å². The molecule has 0 saturated carbocycles. The van der Waals surface area contributed by atoms with E-state index < -0.39 is 0 Å². The predicted molar refractivity (Wildman–Crippen MR) is 116 cm³/mol. The number of guanidine groups is 1. The van der Waals surface area contributed by atoms with E-state index in [0.29, 0.717) is 24.9 Å². The first kappa shape index (κ1) is 20.2. The Morgan fingerprint density at radius 3 is 2.39 bits per heavy atom. The number of benzene rings is 1. The summed E-state index contributed by atoms with van der Waals surface area (Å²) in [5.74, 6) is 2.42. The number of likely N-dealkylation sites (tertiary alicyclic amines) is 1. The lowest BCUT2D eigenvalue weighted by molar-refractivity contribution is 0.208. The van der Waals surface area contributed by atoms with Crippen LogP contribution in [0, 0.1) is 11.8 Å². The molecular weight excluding hydrogens is 348 g/mol. The average Bonchev–Trinajstić information content (AvgIpc) is 2.67. The van der Waals surface area contributed by atoms with Gasteiger partial charge in [0.15, 0.2) is 5.96 Å². The highest BCUT2D eigenvalue weighted by molar-refractivity contribution is 5.80. The first-order valence-corrected chi connectivity index (χ1v) is 10.3. The Labute approximate surface area is 168 Å². The highest BCUT2D eigenvalue weighted by Crippen LogP contribution is 2.21. The number of piperidine rings is 1. The number of hydrogen-bond donors (Lipinski definition) is 1. The van der Waals surface area contributed by atoms with E-state index in [-0.39, 0.29) is 5.56 Å². The average molecular weight is 381 g/mol. The summed E-state index contributed by atoms with van der Waals surface area (Å²) in [6.07, 6.45) is 3.12. The van der Waals surface area contributed by atoms with E-state index in [2.05, 4.69) is 55.3 Å². The summed E-state index contributed by atoms with van der Waals surface area (Å²) in [5, 5.41) is 3.45. The molecule has 1 aliphatic rings. The Morgan fingerprint density at radius 1 is 1.07 bits per heavy atom. The molecule has 0 spiro atoms. The molecule has 2 unspecified atom stereocenters. The lowest BCUT2D eigenvalue weighted by Crippen LogP contribution is -2.48. The molecule has 0 amide bonds. The standard InChI is InChI=1S/C23H32N4O/c1-4-24-23(27-15-18(2)13-19(3)16-27)25-14-20-8-10-21(11-9-20)17-26-12-6-5-7-22(26)28/h5-12,18-19H,4,13-17H2,1-3H3,(H,24,25). The van der Waals surface area contributed by atoms with Crippen LogP contribution in [0.3, 0.4) is 0 Å². The summed E-state index contributed by atoms with van der Waals surface area (Å²) < 4.78 is 1.72. The number of rotatable bonds is 5. The molecule has 0 bridgehead atoms. The summed E-state index contributed by atoms with van der Waals surface area (Å²) in [6.45, 7) is 11.0. The van der Waals surface area contributed by atoms with Crippen molar-refractivity contribution in [3.8, 4) is 0 Å². The molecule has 5 nitrogen and oxygen atoms in total. The second-order valence-electron chi connectivity index (χ2n) is 8.00. The van der Waals surface area contributed by atoms with Gasteiger partial charge in [-0.05, 0) is 42.4 Å². The Balaban J connectivity index is 1.66. The van der Waals surface area contributed by atoms with Gasteiger partial charge in [0.2, 0.25) is 0 Å².